The number of amides is 1. The number of H-pyrrole nitrogens is 1. The summed E-state index contributed by atoms with van der Waals surface area (Å²) in [6.07, 6.45) is 9.87. The Bertz CT molecular complexity index is 481. The van der Waals surface area contributed by atoms with E-state index in [4.69, 9.17) is 14.6 Å². The number of nitrogens with zero attached hydrogens (tertiary/aromatic N) is 2. The van der Waals surface area contributed by atoms with E-state index in [1.165, 1.54) is 32.1 Å². The minimum absolute atomic E-state index is 0.250. The first-order chi connectivity index (χ1) is 13.6. The predicted octanol–water partition coefficient (Wildman–Crippen LogP) is 2.46. The van der Waals surface area contributed by atoms with Gasteiger partial charge in [-0.3, -0.25) is 9.59 Å². The number of hydrogen-bond acceptors (Lipinski definition) is 5. The van der Waals surface area contributed by atoms with Gasteiger partial charge in [-0.05, 0) is 52.0 Å². The third-order valence-corrected chi connectivity index (χ3v) is 4.39. The Balaban J connectivity index is 0.000000370. The summed E-state index contributed by atoms with van der Waals surface area (Å²) in [4.78, 5) is 28.4. The lowest BCUT2D eigenvalue weighted by molar-refractivity contribution is -0.130. The number of hydrogen-bond donors (Lipinski definition) is 3. The number of carboxylic acid groups (broad SMARTS) is 1. The lowest BCUT2D eigenvalue weighted by Crippen LogP contribution is -2.37. The zero-order valence-electron chi connectivity index (χ0n) is 17.8. The van der Waals surface area contributed by atoms with E-state index in [1.54, 1.807) is 12.5 Å². The molecule has 3 fully saturated rings. The summed E-state index contributed by atoms with van der Waals surface area (Å²) in [5.74, 6) is 1.13. The minimum Gasteiger partial charge on any atom is -0.483 e. The van der Waals surface area contributed by atoms with Gasteiger partial charge in [0.2, 0.25) is 5.91 Å². The summed E-state index contributed by atoms with van der Waals surface area (Å²) in [5, 5.41) is 9.78. The average molecular weight is 399 g/mol. The molecular weight excluding hydrogens is 360 g/mol. The number of piperidine rings is 1. The number of nitrogens with one attached hydrogen (secondary N) is 2. The number of rotatable bonds is 2. The summed E-state index contributed by atoms with van der Waals surface area (Å²) in [6.45, 7) is 9.21. The lowest BCUT2D eigenvalue weighted by Gasteiger charge is -2.17. The number of aromatic amines is 1. The van der Waals surface area contributed by atoms with E-state index in [-0.39, 0.29) is 12.4 Å². The van der Waals surface area contributed by atoms with Crippen LogP contribution < -0.4 is 5.32 Å². The SMILES string of the molecule is C1CCOCC1.CC.CNCC(=O)N1CCC2CC21.Cc1cnc[nH]1.O=CO. The second-order valence-electron chi connectivity index (χ2n) is 6.48. The molecule has 2 aliphatic heterocycles. The molecule has 2 saturated heterocycles. The molecule has 0 bridgehead atoms. The highest BCUT2D eigenvalue weighted by Gasteiger charge is 2.48. The minimum atomic E-state index is -0.250. The van der Waals surface area contributed by atoms with Gasteiger partial charge in [0.25, 0.3) is 6.47 Å². The molecule has 3 heterocycles. The number of likely N-dealkylation sites (N-methyl/N-ethyl adjacent to an activating group) is 1. The van der Waals surface area contributed by atoms with E-state index in [1.807, 2.05) is 32.7 Å². The van der Waals surface area contributed by atoms with Crippen molar-refractivity contribution in [1.82, 2.24) is 20.2 Å². The molecule has 8 nitrogen and oxygen atoms in total. The number of ether oxygens (including phenoxy) is 1. The molecule has 1 amide bonds. The Morgan fingerprint density at radius 1 is 1.39 bits per heavy atom. The number of likely N-dealkylation sites (tertiary alicyclic amines) is 1. The second kappa shape index (κ2) is 17.2. The fourth-order valence-corrected chi connectivity index (χ4v) is 2.97. The Morgan fingerprint density at radius 3 is 2.29 bits per heavy atom. The van der Waals surface area contributed by atoms with Crippen molar-refractivity contribution in [2.75, 3.05) is 33.4 Å². The number of carbonyl (C=O) groups is 2. The van der Waals surface area contributed by atoms with Crippen molar-refractivity contribution in [1.29, 1.82) is 0 Å². The van der Waals surface area contributed by atoms with Crippen LogP contribution in [0.4, 0.5) is 0 Å². The molecule has 28 heavy (non-hydrogen) atoms. The first kappa shape index (κ1) is 26.1. The van der Waals surface area contributed by atoms with Crippen molar-refractivity contribution in [2.45, 2.75) is 58.9 Å². The van der Waals surface area contributed by atoms with Crippen LogP contribution in [-0.4, -0.2) is 71.7 Å². The largest absolute Gasteiger partial charge is 0.483 e. The van der Waals surface area contributed by atoms with Crippen LogP contribution in [-0.2, 0) is 14.3 Å². The Hall–Kier alpha value is -1.93. The molecule has 2 unspecified atom stereocenters. The summed E-state index contributed by atoms with van der Waals surface area (Å²) in [6, 6.07) is 0.621. The molecule has 1 aromatic rings. The predicted molar refractivity (Wildman–Crippen MR) is 110 cm³/mol. The van der Waals surface area contributed by atoms with Crippen LogP contribution >= 0.6 is 0 Å². The van der Waals surface area contributed by atoms with Gasteiger partial charge in [0.15, 0.2) is 0 Å². The van der Waals surface area contributed by atoms with E-state index in [2.05, 4.69) is 15.3 Å². The van der Waals surface area contributed by atoms with Crippen LogP contribution in [0.2, 0.25) is 0 Å². The van der Waals surface area contributed by atoms with Gasteiger partial charge < -0.3 is 25.0 Å². The van der Waals surface area contributed by atoms with Crippen molar-refractivity contribution in [3.8, 4) is 0 Å². The maximum Gasteiger partial charge on any atom is 0.290 e. The number of fused-ring (bicyclic) bond motifs is 1. The molecule has 0 aromatic carbocycles. The number of aromatic nitrogens is 2. The van der Waals surface area contributed by atoms with Gasteiger partial charge in [0.1, 0.15) is 0 Å². The summed E-state index contributed by atoms with van der Waals surface area (Å²) in [7, 11) is 1.82. The zero-order valence-corrected chi connectivity index (χ0v) is 17.8. The molecule has 0 radical (unpaired) electrons. The first-order valence-electron chi connectivity index (χ1n) is 10.2. The summed E-state index contributed by atoms with van der Waals surface area (Å²) >= 11 is 0. The van der Waals surface area contributed by atoms with Gasteiger partial charge in [0, 0.05) is 37.7 Å². The lowest BCUT2D eigenvalue weighted by atomic mass is 10.2. The topological polar surface area (TPSA) is 108 Å². The van der Waals surface area contributed by atoms with Crippen molar-refractivity contribution >= 4 is 12.4 Å². The molecule has 0 spiro atoms. The Kier molecular flexibility index (Phi) is 16.0. The second-order valence-corrected chi connectivity index (χ2v) is 6.48. The van der Waals surface area contributed by atoms with Crippen LogP contribution in [0.15, 0.2) is 12.5 Å². The molecule has 8 heteroatoms. The van der Waals surface area contributed by atoms with E-state index in [9.17, 15) is 4.79 Å². The van der Waals surface area contributed by atoms with Gasteiger partial charge in [-0.15, -0.1) is 0 Å². The highest BCUT2D eigenvalue weighted by Crippen LogP contribution is 2.44. The maximum atomic E-state index is 11.3. The quantitative estimate of drug-likeness (QED) is 0.661. The fraction of sp³-hybridized carbons (Fsp3) is 0.750. The number of carbonyl (C=O) groups excluding carboxylic acids is 1. The van der Waals surface area contributed by atoms with E-state index >= 15 is 0 Å². The third kappa shape index (κ3) is 11.7. The maximum absolute atomic E-state index is 11.3. The van der Waals surface area contributed by atoms with Crippen molar-refractivity contribution < 1.29 is 19.4 Å². The molecule has 1 aromatic heterocycles. The highest BCUT2D eigenvalue weighted by molar-refractivity contribution is 5.79. The van der Waals surface area contributed by atoms with Gasteiger partial charge in [-0.25, -0.2) is 4.98 Å². The molecule has 3 N–H and O–H groups in total. The van der Waals surface area contributed by atoms with Crippen LogP contribution in [0.5, 0.6) is 0 Å². The van der Waals surface area contributed by atoms with Crippen molar-refractivity contribution in [3.05, 3.63) is 18.2 Å². The molecule has 1 aliphatic carbocycles. The highest BCUT2D eigenvalue weighted by atomic mass is 16.5. The number of imidazole rings is 1. The van der Waals surface area contributed by atoms with E-state index in [0.717, 1.165) is 31.4 Å². The third-order valence-electron chi connectivity index (χ3n) is 4.39. The smallest absolute Gasteiger partial charge is 0.290 e. The Morgan fingerprint density at radius 2 is 2.04 bits per heavy atom. The normalized spacial score (nSPS) is 20.9. The van der Waals surface area contributed by atoms with Crippen molar-refractivity contribution in [2.24, 2.45) is 5.92 Å². The summed E-state index contributed by atoms with van der Waals surface area (Å²) in [5.41, 5.74) is 1.11. The molecular formula is C20H38N4O4. The van der Waals surface area contributed by atoms with Crippen LogP contribution in [0.1, 0.15) is 51.6 Å². The van der Waals surface area contributed by atoms with Crippen molar-refractivity contribution in [3.63, 3.8) is 0 Å². The van der Waals surface area contributed by atoms with Gasteiger partial charge in [-0.2, -0.15) is 0 Å². The molecule has 3 aliphatic rings. The molecule has 4 rings (SSSR count). The van der Waals surface area contributed by atoms with Gasteiger partial charge in [0.05, 0.1) is 12.9 Å². The zero-order chi connectivity index (χ0) is 21.2. The fourth-order valence-electron chi connectivity index (χ4n) is 2.97. The van der Waals surface area contributed by atoms with Gasteiger partial charge in [-0.1, -0.05) is 13.8 Å². The van der Waals surface area contributed by atoms with E-state index in [0.29, 0.717) is 12.6 Å². The van der Waals surface area contributed by atoms with Crippen LogP contribution in [0, 0.1) is 12.8 Å². The molecule has 162 valence electrons. The first-order valence-corrected chi connectivity index (χ1v) is 10.2. The average Bonchev–Trinajstić information content (AvgIpc) is 3.12. The number of aryl methyl sites for hydroxylation is 1. The van der Waals surface area contributed by atoms with E-state index < -0.39 is 0 Å². The van der Waals surface area contributed by atoms with Crippen LogP contribution in [0.3, 0.4) is 0 Å². The monoisotopic (exact) mass is 398 g/mol. The summed E-state index contributed by atoms with van der Waals surface area (Å²) < 4.78 is 5.07. The molecule has 1 saturated carbocycles. The molecule has 2 atom stereocenters. The van der Waals surface area contributed by atoms with Crippen LogP contribution in [0.25, 0.3) is 0 Å². The van der Waals surface area contributed by atoms with Gasteiger partial charge >= 0.3 is 0 Å². The Labute approximate surface area is 169 Å². The standard InChI is InChI=1S/C8H14N2O.C5H10O.C4H6N2.C2H6.CH2O2/c1-9-5-8(11)10-3-2-6-4-7(6)10;1-2-4-6-5-3-1;1-4-2-5-3-6-4;1-2;2-1-3/h6-7,9H,2-5H2,1H3;1-5H2;2-3H,1H3,(H,5,6);1-2H3;1H,(H,2,3).